The van der Waals surface area contributed by atoms with Gasteiger partial charge in [0.05, 0.1) is 18.7 Å². The summed E-state index contributed by atoms with van der Waals surface area (Å²) in [6, 6.07) is 12.4. The molecule has 1 saturated heterocycles. The summed E-state index contributed by atoms with van der Waals surface area (Å²) in [7, 11) is 1.66. The number of methoxy groups -OCH3 is 1. The first-order valence-electron chi connectivity index (χ1n) is 10.3. The normalized spacial score (nSPS) is 16.4. The summed E-state index contributed by atoms with van der Waals surface area (Å²) in [6.07, 6.45) is 2.19. The van der Waals surface area contributed by atoms with Crippen LogP contribution in [0.4, 0.5) is 5.00 Å². The van der Waals surface area contributed by atoms with Gasteiger partial charge < -0.3 is 25.0 Å². The van der Waals surface area contributed by atoms with Gasteiger partial charge in [0, 0.05) is 31.7 Å². The lowest BCUT2D eigenvalue weighted by atomic mass is 10.1. The number of guanidine groups is 1. The predicted molar refractivity (Wildman–Crippen MR) is 122 cm³/mol. The highest BCUT2D eigenvalue weighted by Gasteiger charge is 2.20. The zero-order valence-electron chi connectivity index (χ0n) is 17.6. The maximum atomic E-state index is 5.98. The van der Waals surface area contributed by atoms with Crippen LogP contribution in [0.3, 0.4) is 0 Å². The lowest BCUT2D eigenvalue weighted by Gasteiger charge is -2.33. The number of nitrogens with one attached hydrogen (secondary N) is 2. The summed E-state index contributed by atoms with van der Waals surface area (Å²) in [5.74, 6) is 2.45. The third kappa shape index (κ3) is 6.56. The van der Waals surface area contributed by atoms with Gasteiger partial charge in [-0.1, -0.05) is 6.07 Å². The fourth-order valence-electron chi connectivity index (χ4n) is 3.37. The van der Waals surface area contributed by atoms with E-state index < -0.39 is 0 Å². The molecule has 1 fully saturated rings. The van der Waals surface area contributed by atoms with Crippen LogP contribution in [-0.2, 0) is 0 Å². The Hall–Kier alpha value is -2.41. The Morgan fingerprint density at radius 1 is 1.24 bits per heavy atom. The molecular formula is C22H32N4O2S. The minimum absolute atomic E-state index is 0.0294. The van der Waals surface area contributed by atoms with Gasteiger partial charge in [-0.3, -0.25) is 0 Å². The Morgan fingerprint density at radius 3 is 2.72 bits per heavy atom. The van der Waals surface area contributed by atoms with E-state index in [2.05, 4.69) is 40.0 Å². The second kappa shape index (κ2) is 11.0. The molecule has 6 nitrogen and oxygen atoms in total. The first-order valence-corrected chi connectivity index (χ1v) is 11.2. The number of aliphatic imine (C=N–C) groups is 1. The SMILES string of the molecule is CCNC(=NCC(C)Oc1cccc(OC)c1)NC1CCN(c2cccs2)CC1. The van der Waals surface area contributed by atoms with Gasteiger partial charge in [-0.25, -0.2) is 4.99 Å². The fraction of sp³-hybridized carbons (Fsp3) is 0.500. The Labute approximate surface area is 177 Å². The number of anilines is 1. The van der Waals surface area contributed by atoms with Crippen molar-refractivity contribution < 1.29 is 9.47 Å². The van der Waals surface area contributed by atoms with E-state index in [-0.39, 0.29) is 6.10 Å². The topological polar surface area (TPSA) is 58.1 Å². The summed E-state index contributed by atoms with van der Waals surface area (Å²) in [5.41, 5.74) is 0. The van der Waals surface area contributed by atoms with Crippen molar-refractivity contribution in [2.75, 3.05) is 38.2 Å². The van der Waals surface area contributed by atoms with Crippen molar-refractivity contribution >= 4 is 22.3 Å². The van der Waals surface area contributed by atoms with Crippen molar-refractivity contribution in [2.45, 2.75) is 38.8 Å². The number of benzene rings is 1. The van der Waals surface area contributed by atoms with E-state index in [0.717, 1.165) is 49.9 Å². The maximum absolute atomic E-state index is 5.98. The van der Waals surface area contributed by atoms with Crippen LogP contribution in [-0.4, -0.2) is 51.4 Å². The Kier molecular flexibility index (Phi) is 8.04. The molecule has 0 aliphatic carbocycles. The molecule has 0 bridgehead atoms. The van der Waals surface area contributed by atoms with E-state index in [4.69, 9.17) is 14.5 Å². The number of rotatable bonds is 8. The van der Waals surface area contributed by atoms with Crippen LogP contribution in [0.15, 0.2) is 46.8 Å². The molecule has 2 aromatic rings. The molecule has 1 unspecified atom stereocenters. The van der Waals surface area contributed by atoms with E-state index in [9.17, 15) is 0 Å². The van der Waals surface area contributed by atoms with Crippen molar-refractivity contribution in [2.24, 2.45) is 4.99 Å². The predicted octanol–water partition coefficient (Wildman–Crippen LogP) is 3.75. The lowest BCUT2D eigenvalue weighted by molar-refractivity contribution is 0.229. The molecule has 29 heavy (non-hydrogen) atoms. The molecule has 1 atom stereocenters. The molecule has 1 aliphatic heterocycles. The second-order valence-corrected chi connectivity index (χ2v) is 8.11. The van der Waals surface area contributed by atoms with Crippen LogP contribution in [0.1, 0.15) is 26.7 Å². The summed E-state index contributed by atoms with van der Waals surface area (Å²) < 4.78 is 11.2. The van der Waals surface area contributed by atoms with Crippen LogP contribution in [0.25, 0.3) is 0 Å². The zero-order chi connectivity index (χ0) is 20.5. The highest BCUT2D eigenvalue weighted by atomic mass is 32.1. The second-order valence-electron chi connectivity index (χ2n) is 7.18. The molecule has 2 N–H and O–H groups in total. The summed E-state index contributed by atoms with van der Waals surface area (Å²) >= 11 is 1.81. The van der Waals surface area contributed by atoms with Crippen LogP contribution in [0.2, 0.25) is 0 Å². The molecule has 2 heterocycles. The van der Waals surface area contributed by atoms with Crippen molar-refractivity contribution in [3.63, 3.8) is 0 Å². The zero-order valence-corrected chi connectivity index (χ0v) is 18.4. The lowest BCUT2D eigenvalue weighted by Crippen LogP contribution is -2.49. The molecular weight excluding hydrogens is 384 g/mol. The van der Waals surface area contributed by atoms with Crippen LogP contribution >= 0.6 is 11.3 Å². The van der Waals surface area contributed by atoms with Gasteiger partial charge in [0.1, 0.15) is 17.6 Å². The molecule has 158 valence electrons. The molecule has 0 amide bonds. The van der Waals surface area contributed by atoms with Gasteiger partial charge in [0.25, 0.3) is 0 Å². The average Bonchev–Trinajstić information content (AvgIpc) is 3.28. The van der Waals surface area contributed by atoms with Gasteiger partial charge in [-0.2, -0.15) is 0 Å². The van der Waals surface area contributed by atoms with Crippen LogP contribution in [0, 0.1) is 0 Å². The smallest absolute Gasteiger partial charge is 0.191 e. The molecule has 1 aromatic carbocycles. The van der Waals surface area contributed by atoms with Crippen molar-refractivity contribution in [1.82, 2.24) is 10.6 Å². The average molecular weight is 417 g/mol. The van der Waals surface area contributed by atoms with E-state index in [1.165, 1.54) is 5.00 Å². The monoisotopic (exact) mass is 416 g/mol. The van der Waals surface area contributed by atoms with Gasteiger partial charge >= 0.3 is 0 Å². The minimum Gasteiger partial charge on any atom is -0.497 e. The van der Waals surface area contributed by atoms with Crippen molar-refractivity contribution in [1.29, 1.82) is 0 Å². The van der Waals surface area contributed by atoms with Crippen LogP contribution in [0.5, 0.6) is 11.5 Å². The Bertz CT molecular complexity index is 758. The first-order chi connectivity index (χ1) is 14.2. The molecule has 0 saturated carbocycles. The minimum atomic E-state index is -0.0294. The number of thiophene rings is 1. The Morgan fingerprint density at radius 2 is 2.03 bits per heavy atom. The molecule has 0 spiro atoms. The standard InChI is InChI=1S/C22H32N4O2S/c1-4-23-22(24-16-17(2)28-20-8-5-7-19(15-20)27-3)25-18-10-12-26(13-11-18)21-9-6-14-29-21/h5-9,14-15,17-18H,4,10-13,16H2,1-3H3,(H2,23,24,25). The van der Waals surface area contributed by atoms with E-state index >= 15 is 0 Å². The highest BCUT2D eigenvalue weighted by Crippen LogP contribution is 2.25. The molecule has 3 rings (SSSR count). The third-order valence-corrected chi connectivity index (χ3v) is 5.81. The van der Waals surface area contributed by atoms with Gasteiger partial charge in [-0.05, 0) is 56.3 Å². The number of hydrogen-bond acceptors (Lipinski definition) is 5. The summed E-state index contributed by atoms with van der Waals surface area (Å²) in [4.78, 5) is 7.21. The van der Waals surface area contributed by atoms with Gasteiger partial charge in [0.15, 0.2) is 5.96 Å². The number of hydrogen-bond donors (Lipinski definition) is 2. The number of ether oxygens (including phenoxy) is 2. The third-order valence-electron chi connectivity index (χ3n) is 4.88. The molecule has 0 radical (unpaired) electrons. The maximum Gasteiger partial charge on any atom is 0.191 e. The van der Waals surface area contributed by atoms with Gasteiger partial charge in [0.2, 0.25) is 0 Å². The fourth-order valence-corrected chi connectivity index (χ4v) is 4.16. The van der Waals surface area contributed by atoms with E-state index in [0.29, 0.717) is 12.6 Å². The number of piperidine rings is 1. The van der Waals surface area contributed by atoms with Crippen LogP contribution < -0.4 is 25.0 Å². The molecule has 7 heteroatoms. The van der Waals surface area contributed by atoms with E-state index in [1.807, 2.05) is 42.5 Å². The van der Waals surface area contributed by atoms with Gasteiger partial charge in [-0.15, -0.1) is 11.3 Å². The number of nitrogens with zero attached hydrogens (tertiary/aromatic N) is 2. The Balaban J connectivity index is 1.49. The van der Waals surface area contributed by atoms with Crippen molar-refractivity contribution in [3.8, 4) is 11.5 Å². The van der Waals surface area contributed by atoms with E-state index in [1.54, 1.807) is 7.11 Å². The van der Waals surface area contributed by atoms with Crippen molar-refractivity contribution in [3.05, 3.63) is 41.8 Å². The summed E-state index contributed by atoms with van der Waals surface area (Å²) in [5, 5.41) is 10.5. The largest absolute Gasteiger partial charge is 0.497 e. The quantitative estimate of drug-likeness (QED) is 0.507. The summed E-state index contributed by atoms with van der Waals surface area (Å²) in [6.45, 7) is 7.70. The highest BCUT2D eigenvalue weighted by molar-refractivity contribution is 7.14. The molecule has 1 aliphatic rings. The first kappa shape index (κ1) is 21.3. The molecule has 1 aromatic heterocycles.